The minimum absolute atomic E-state index is 0.222. The molecule has 16 heavy (non-hydrogen) atoms. The number of Topliss-reactive ketones (excluding diaryl/α,β-unsaturated/α-hetero) is 1. The molecule has 0 amide bonds. The summed E-state index contributed by atoms with van der Waals surface area (Å²) in [4.78, 5) is 13.4. The lowest BCUT2D eigenvalue weighted by atomic mass is 9.80. The predicted octanol–water partition coefficient (Wildman–Crippen LogP) is 1.15. The maximum absolute atomic E-state index is 12.0. The monoisotopic (exact) mass is 222 g/mol. The Kier molecular flexibility index (Phi) is 3.31. The van der Waals surface area contributed by atoms with Crippen molar-refractivity contribution in [3.63, 3.8) is 0 Å². The van der Waals surface area contributed by atoms with Gasteiger partial charge in [0.05, 0.1) is 13.5 Å². The summed E-state index contributed by atoms with van der Waals surface area (Å²) in [6.45, 7) is 2.25. The Bertz CT molecular complexity index is 366. The third-order valence-corrected chi connectivity index (χ3v) is 3.35. The van der Waals surface area contributed by atoms with E-state index >= 15 is 0 Å². The molecule has 0 spiro atoms. The van der Waals surface area contributed by atoms with Gasteiger partial charge in [0.2, 0.25) is 0 Å². The number of carbonyl (C=O) groups is 1. The van der Waals surface area contributed by atoms with Crippen LogP contribution >= 0.6 is 0 Å². The molecule has 1 heterocycles. The van der Waals surface area contributed by atoms with E-state index in [0.29, 0.717) is 12.2 Å². The molecule has 1 saturated carbocycles. The largest absolute Gasteiger partial charge is 0.299 e. The summed E-state index contributed by atoms with van der Waals surface area (Å²) < 4.78 is 0. The van der Waals surface area contributed by atoms with Gasteiger partial charge >= 0.3 is 0 Å². The number of aryl methyl sites for hydroxylation is 1. The zero-order valence-corrected chi connectivity index (χ0v) is 9.89. The van der Waals surface area contributed by atoms with E-state index in [1.807, 2.05) is 0 Å². The Morgan fingerprint density at radius 3 is 2.62 bits per heavy atom. The molecule has 5 nitrogen and oxygen atoms in total. The fourth-order valence-corrected chi connectivity index (χ4v) is 2.28. The minimum Gasteiger partial charge on any atom is -0.299 e. The zero-order chi connectivity index (χ0) is 11.5. The molecular weight excluding hydrogens is 204 g/mol. The molecule has 1 aliphatic carbocycles. The SMILES string of the molecule is CC1CCC(C(=O)Cc2nnn(C)n2)CC1. The quantitative estimate of drug-likeness (QED) is 0.769. The smallest absolute Gasteiger partial charge is 0.182 e. The summed E-state index contributed by atoms with van der Waals surface area (Å²) in [7, 11) is 1.71. The Labute approximate surface area is 95.2 Å². The van der Waals surface area contributed by atoms with Gasteiger partial charge < -0.3 is 0 Å². The molecular formula is C11H18N4O. The van der Waals surface area contributed by atoms with Crippen molar-refractivity contribution in [2.75, 3.05) is 0 Å². The van der Waals surface area contributed by atoms with Crippen molar-refractivity contribution in [2.45, 2.75) is 39.0 Å². The second kappa shape index (κ2) is 4.72. The average Bonchev–Trinajstić information content (AvgIpc) is 2.65. The van der Waals surface area contributed by atoms with Crippen LogP contribution in [0.5, 0.6) is 0 Å². The van der Waals surface area contributed by atoms with Crippen LogP contribution in [0.15, 0.2) is 0 Å². The Balaban J connectivity index is 1.88. The first-order valence-electron chi connectivity index (χ1n) is 5.90. The highest BCUT2D eigenvalue weighted by molar-refractivity contribution is 5.82. The molecule has 0 unspecified atom stereocenters. The van der Waals surface area contributed by atoms with Crippen LogP contribution in [0.1, 0.15) is 38.4 Å². The van der Waals surface area contributed by atoms with Crippen LogP contribution in [0.3, 0.4) is 0 Å². The van der Waals surface area contributed by atoms with Crippen molar-refractivity contribution in [1.82, 2.24) is 20.2 Å². The van der Waals surface area contributed by atoms with Crippen molar-refractivity contribution in [2.24, 2.45) is 18.9 Å². The highest BCUT2D eigenvalue weighted by Gasteiger charge is 2.25. The molecule has 1 fully saturated rings. The number of hydrogen-bond acceptors (Lipinski definition) is 4. The fraction of sp³-hybridized carbons (Fsp3) is 0.818. The molecule has 5 heteroatoms. The number of ketones is 1. The first kappa shape index (κ1) is 11.2. The van der Waals surface area contributed by atoms with Crippen LogP contribution in [-0.2, 0) is 18.3 Å². The number of rotatable bonds is 3. The summed E-state index contributed by atoms with van der Waals surface area (Å²) in [6.07, 6.45) is 4.74. The van der Waals surface area contributed by atoms with Crippen molar-refractivity contribution < 1.29 is 4.79 Å². The van der Waals surface area contributed by atoms with Crippen LogP contribution in [0.2, 0.25) is 0 Å². The minimum atomic E-state index is 0.222. The second-order valence-corrected chi connectivity index (χ2v) is 4.79. The lowest BCUT2D eigenvalue weighted by Crippen LogP contribution is -2.22. The number of aromatic nitrogens is 4. The highest BCUT2D eigenvalue weighted by Crippen LogP contribution is 2.29. The van der Waals surface area contributed by atoms with Gasteiger partial charge in [-0.3, -0.25) is 4.79 Å². The van der Waals surface area contributed by atoms with Crippen molar-refractivity contribution >= 4 is 5.78 Å². The fourth-order valence-electron chi connectivity index (χ4n) is 2.28. The van der Waals surface area contributed by atoms with Gasteiger partial charge in [-0.2, -0.15) is 4.80 Å². The molecule has 0 radical (unpaired) electrons. The molecule has 0 atom stereocenters. The predicted molar refractivity (Wildman–Crippen MR) is 58.6 cm³/mol. The summed E-state index contributed by atoms with van der Waals surface area (Å²) >= 11 is 0. The van der Waals surface area contributed by atoms with Gasteiger partial charge in [-0.15, -0.1) is 10.2 Å². The second-order valence-electron chi connectivity index (χ2n) is 4.79. The number of tetrazole rings is 1. The van der Waals surface area contributed by atoms with E-state index in [4.69, 9.17) is 0 Å². The van der Waals surface area contributed by atoms with Gasteiger partial charge in [-0.1, -0.05) is 19.8 Å². The summed E-state index contributed by atoms with van der Waals surface area (Å²) in [5, 5.41) is 11.6. The van der Waals surface area contributed by atoms with Crippen molar-refractivity contribution in [3.05, 3.63) is 5.82 Å². The summed E-state index contributed by atoms with van der Waals surface area (Å²) in [5.74, 6) is 1.82. The van der Waals surface area contributed by atoms with E-state index < -0.39 is 0 Å². The topological polar surface area (TPSA) is 60.7 Å². The molecule has 1 aromatic rings. The Morgan fingerprint density at radius 1 is 1.38 bits per heavy atom. The van der Waals surface area contributed by atoms with Gasteiger partial charge in [0.25, 0.3) is 0 Å². The average molecular weight is 222 g/mol. The third-order valence-electron chi connectivity index (χ3n) is 3.35. The van der Waals surface area contributed by atoms with Gasteiger partial charge in [0.1, 0.15) is 5.78 Å². The first-order chi connectivity index (χ1) is 7.65. The number of hydrogen-bond donors (Lipinski definition) is 0. The molecule has 0 N–H and O–H groups in total. The molecule has 0 aliphatic heterocycles. The normalized spacial score (nSPS) is 25.6. The van der Waals surface area contributed by atoms with Crippen LogP contribution in [-0.4, -0.2) is 26.0 Å². The number of carbonyl (C=O) groups excluding carboxylic acids is 1. The number of nitrogens with zero attached hydrogens (tertiary/aromatic N) is 4. The summed E-state index contributed by atoms with van der Waals surface area (Å²) in [6, 6.07) is 0. The van der Waals surface area contributed by atoms with Crippen LogP contribution in [0.25, 0.3) is 0 Å². The van der Waals surface area contributed by atoms with Gasteiger partial charge in [0.15, 0.2) is 5.82 Å². The van der Waals surface area contributed by atoms with E-state index in [-0.39, 0.29) is 11.7 Å². The molecule has 1 aliphatic rings. The van der Waals surface area contributed by atoms with Crippen molar-refractivity contribution in [3.8, 4) is 0 Å². The third kappa shape index (κ3) is 2.65. The van der Waals surface area contributed by atoms with Crippen LogP contribution in [0.4, 0.5) is 0 Å². The molecule has 88 valence electrons. The van der Waals surface area contributed by atoms with E-state index in [1.54, 1.807) is 7.05 Å². The molecule has 2 rings (SSSR count). The van der Waals surface area contributed by atoms with Gasteiger partial charge in [0, 0.05) is 5.92 Å². The van der Waals surface area contributed by atoms with Crippen LogP contribution in [0, 0.1) is 11.8 Å². The van der Waals surface area contributed by atoms with Gasteiger partial charge in [-0.25, -0.2) is 0 Å². The molecule has 0 bridgehead atoms. The Hall–Kier alpha value is -1.26. The molecule has 0 aromatic carbocycles. The van der Waals surface area contributed by atoms with Crippen LogP contribution < -0.4 is 0 Å². The highest BCUT2D eigenvalue weighted by atomic mass is 16.1. The summed E-state index contributed by atoms with van der Waals surface area (Å²) in [5.41, 5.74) is 0. The van der Waals surface area contributed by atoms with E-state index in [1.165, 1.54) is 17.6 Å². The van der Waals surface area contributed by atoms with E-state index in [0.717, 1.165) is 18.8 Å². The van der Waals surface area contributed by atoms with E-state index in [2.05, 4.69) is 22.3 Å². The maximum atomic E-state index is 12.0. The van der Waals surface area contributed by atoms with E-state index in [9.17, 15) is 4.79 Å². The first-order valence-corrected chi connectivity index (χ1v) is 5.90. The Morgan fingerprint density at radius 2 is 2.06 bits per heavy atom. The maximum Gasteiger partial charge on any atom is 0.182 e. The zero-order valence-electron chi connectivity index (χ0n) is 9.89. The van der Waals surface area contributed by atoms with Crippen molar-refractivity contribution in [1.29, 1.82) is 0 Å². The lowest BCUT2D eigenvalue weighted by Gasteiger charge is -2.24. The molecule has 1 aromatic heterocycles. The lowest BCUT2D eigenvalue weighted by molar-refractivity contribution is -0.123. The molecule has 0 saturated heterocycles. The van der Waals surface area contributed by atoms with Gasteiger partial charge in [-0.05, 0) is 24.0 Å². The standard InChI is InChI=1S/C11H18N4O/c1-8-3-5-9(6-4-8)10(16)7-11-12-14-15(2)13-11/h8-9H,3-7H2,1-2H3.